The molecule has 1 aliphatic carbocycles. The molecule has 1 aromatic carbocycles. The number of nitrogen functional groups attached to an aromatic ring is 1. The van der Waals surface area contributed by atoms with Crippen LogP contribution in [-0.4, -0.2) is 36.2 Å². The highest BCUT2D eigenvalue weighted by atomic mass is 35.5. The number of hydrogen-bond acceptors (Lipinski definition) is 4. The van der Waals surface area contributed by atoms with Crippen molar-refractivity contribution in [3.8, 4) is 5.75 Å². The summed E-state index contributed by atoms with van der Waals surface area (Å²) in [5.41, 5.74) is 8.76. The average Bonchev–Trinajstić information content (AvgIpc) is 2.57. The number of halogens is 2. The normalized spacial score (nSPS) is 20.7. The van der Waals surface area contributed by atoms with Gasteiger partial charge in [-0.2, -0.15) is 0 Å². The minimum absolute atomic E-state index is 0. The number of nitrogens with two attached hydrogens (primary N) is 1. The first-order chi connectivity index (χ1) is 10.7. The van der Waals surface area contributed by atoms with Gasteiger partial charge < -0.3 is 16.2 Å². The van der Waals surface area contributed by atoms with E-state index in [1.807, 2.05) is 6.07 Å². The number of aromatic hydroxyl groups is 1. The number of nitrogens with zero attached hydrogens (tertiary/aromatic N) is 1. The molecule has 1 aromatic rings. The minimum atomic E-state index is 0. The maximum Gasteiger partial charge on any atom is 0.143 e. The molecule has 3 rings (SSSR count). The van der Waals surface area contributed by atoms with E-state index in [2.05, 4.69) is 23.2 Å². The van der Waals surface area contributed by atoms with Gasteiger partial charge in [-0.25, -0.2) is 0 Å². The van der Waals surface area contributed by atoms with Gasteiger partial charge in [-0.05, 0) is 37.3 Å². The van der Waals surface area contributed by atoms with Crippen LogP contribution in [0.4, 0.5) is 5.69 Å². The number of benzene rings is 1. The highest BCUT2D eigenvalue weighted by molar-refractivity contribution is 5.85. The molecule has 1 saturated carbocycles. The predicted molar refractivity (Wildman–Crippen MR) is 106 cm³/mol. The van der Waals surface area contributed by atoms with Crippen LogP contribution in [0.3, 0.4) is 0 Å². The van der Waals surface area contributed by atoms with Gasteiger partial charge in [0.1, 0.15) is 5.75 Å². The molecule has 4 nitrogen and oxygen atoms in total. The third-order valence-corrected chi connectivity index (χ3v) is 5.40. The monoisotopic (exact) mass is 375 g/mol. The number of aryl methyl sites for hydroxylation is 1. The van der Waals surface area contributed by atoms with Gasteiger partial charge in [-0.15, -0.1) is 24.8 Å². The van der Waals surface area contributed by atoms with E-state index in [-0.39, 0.29) is 24.8 Å². The van der Waals surface area contributed by atoms with E-state index < -0.39 is 0 Å². The summed E-state index contributed by atoms with van der Waals surface area (Å²) in [6.07, 6.45) is 6.52. The smallest absolute Gasteiger partial charge is 0.143 e. The summed E-state index contributed by atoms with van der Waals surface area (Å²) in [6.45, 7) is 6.27. The van der Waals surface area contributed by atoms with Crippen LogP contribution in [0.2, 0.25) is 0 Å². The van der Waals surface area contributed by atoms with Crippen molar-refractivity contribution in [1.82, 2.24) is 10.2 Å². The zero-order valence-electron chi connectivity index (χ0n) is 14.5. The van der Waals surface area contributed by atoms with Crippen molar-refractivity contribution < 1.29 is 5.11 Å². The zero-order chi connectivity index (χ0) is 15.5. The second kappa shape index (κ2) is 9.71. The second-order valence-electron chi connectivity index (χ2n) is 6.86. The first-order valence-corrected chi connectivity index (χ1v) is 8.71. The Labute approximate surface area is 158 Å². The lowest BCUT2D eigenvalue weighted by Gasteiger charge is -2.42. The van der Waals surface area contributed by atoms with Crippen molar-refractivity contribution in [3.05, 3.63) is 23.3 Å². The zero-order valence-corrected chi connectivity index (χ0v) is 16.1. The number of rotatable bonds is 3. The fraction of sp³-hybridized carbons (Fsp3) is 0.667. The molecule has 138 valence electrons. The highest BCUT2D eigenvalue weighted by Crippen LogP contribution is 2.44. The molecular weight excluding hydrogens is 345 g/mol. The molecule has 2 aliphatic rings. The lowest BCUT2D eigenvalue weighted by molar-refractivity contribution is 0.101. The molecule has 4 N–H and O–H groups in total. The van der Waals surface area contributed by atoms with Crippen LogP contribution in [0.5, 0.6) is 5.75 Å². The SMILES string of the molecule is Cc1ccc(N)c(O)c1[C@H](C1CCCCC1)N1CCNCC1.Cl.Cl. The predicted octanol–water partition coefficient (Wildman–Crippen LogP) is 3.65. The van der Waals surface area contributed by atoms with E-state index in [0.29, 0.717) is 23.4 Å². The van der Waals surface area contributed by atoms with Crippen LogP contribution in [0.15, 0.2) is 12.1 Å². The molecule has 1 saturated heterocycles. The van der Waals surface area contributed by atoms with Gasteiger partial charge in [-0.3, -0.25) is 4.90 Å². The van der Waals surface area contributed by atoms with Crippen molar-refractivity contribution in [2.75, 3.05) is 31.9 Å². The van der Waals surface area contributed by atoms with Crippen molar-refractivity contribution in [1.29, 1.82) is 0 Å². The molecule has 6 heteroatoms. The van der Waals surface area contributed by atoms with Crippen LogP contribution >= 0.6 is 24.8 Å². The number of nitrogens with one attached hydrogen (secondary N) is 1. The van der Waals surface area contributed by atoms with Gasteiger partial charge in [0.15, 0.2) is 0 Å². The summed E-state index contributed by atoms with van der Waals surface area (Å²) < 4.78 is 0. The number of anilines is 1. The van der Waals surface area contributed by atoms with E-state index in [1.165, 1.54) is 37.7 Å². The number of phenols is 1. The fourth-order valence-electron chi connectivity index (χ4n) is 4.23. The molecule has 0 radical (unpaired) electrons. The van der Waals surface area contributed by atoms with Crippen LogP contribution in [0.25, 0.3) is 0 Å². The lowest BCUT2D eigenvalue weighted by atomic mass is 9.78. The first-order valence-electron chi connectivity index (χ1n) is 8.71. The third kappa shape index (κ3) is 4.48. The second-order valence-corrected chi connectivity index (χ2v) is 6.86. The lowest BCUT2D eigenvalue weighted by Crippen LogP contribution is -2.47. The van der Waals surface area contributed by atoms with Gasteiger partial charge >= 0.3 is 0 Å². The molecule has 1 heterocycles. The minimum Gasteiger partial charge on any atom is -0.505 e. The van der Waals surface area contributed by atoms with Gasteiger partial charge in [0.05, 0.1) is 5.69 Å². The fourth-order valence-corrected chi connectivity index (χ4v) is 4.23. The Balaban J connectivity index is 0.00000144. The van der Waals surface area contributed by atoms with Crippen molar-refractivity contribution in [3.63, 3.8) is 0 Å². The first kappa shape index (κ1) is 21.4. The molecule has 0 amide bonds. The summed E-state index contributed by atoms with van der Waals surface area (Å²) in [5, 5.41) is 14.1. The largest absolute Gasteiger partial charge is 0.505 e. The summed E-state index contributed by atoms with van der Waals surface area (Å²) >= 11 is 0. The number of piperazine rings is 1. The summed E-state index contributed by atoms with van der Waals surface area (Å²) in [6, 6.07) is 4.19. The van der Waals surface area contributed by atoms with E-state index in [0.717, 1.165) is 31.7 Å². The van der Waals surface area contributed by atoms with Crippen molar-refractivity contribution in [2.24, 2.45) is 5.92 Å². The third-order valence-electron chi connectivity index (χ3n) is 5.40. The molecule has 0 bridgehead atoms. The summed E-state index contributed by atoms with van der Waals surface area (Å²) in [4.78, 5) is 2.56. The molecular formula is C18H31Cl2N3O. The maximum absolute atomic E-state index is 10.6. The van der Waals surface area contributed by atoms with Crippen LogP contribution in [0, 0.1) is 12.8 Å². The van der Waals surface area contributed by atoms with Crippen LogP contribution < -0.4 is 11.1 Å². The Morgan fingerprint density at radius 3 is 2.38 bits per heavy atom. The molecule has 1 atom stereocenters. The Morgan fingerprint density at radius 1 is 1.12 bits per heavy atom. The number of hydrogen-bond donors (Lipinski definition) is 3. The van der Waals surface area contributed by atoms with Gasteiger partial charge in [0.2, 0.25) is 0 Å². The topological polar surface area (TPSA) is 61.5 Å². The van der Waals surface area contributed by atoms with E-state index in [4.69, 9.17) is 5.73 Å². The highest BCUT2D eigenvalue weighted by Gasteiger charge is 2.33. The molecule has 2 fully saturated rings. The Kier molecular flexibility index (Phi) is 8.65. The molecule has 24 heavy (non-hydrogen) atoms. The number of phenolic OH excluding ortho intramolecular Hbond substituents is 1. The average molecular weight is 376 g/mol. The maximum atomic E-state index is 10.6. The Hall–Kier alpha value is -0.680. The standard InChI is InChI=1S/C18H29N3O.2ClH/c1-13-7-8-15(19)18(22)16(13)17(14-5-3-2-4-6-14)21-11-9-20-10-12-21;;/h7-8,14,17,20,22H,2-6,9-12,19H2,1H3;2*1H/t17-;;/m0../s1. The summed E-state index contributed by atoms with van der Waals surface area (Å²) in [7, 11) is 0. The van der Waals surface area contributed by atoms with Crippen molar-refractivity contribution in [2.45, 2.75) is 45.1 Å². The van der Waals surface area contributed by atoms with E-state index >= 15 is 0 Å². The molecule has 1 aliphatic heterocycles. The van der Waals surface area contributed by atoms with Gasteiger partial charge in [0, 0.05) is 37.8 Å². The quantitative estimate of drug-likeness (QED) is 0.557. The molecule has 0 unspecified atom stereocenters. The molecule has 0 spiro atoms. The van der Waals surface area contributed by atoms with Gasteiger partial charge in [-0.1, -0.05) is 25.3 Å². The van der Waals surface area contributed by atoms with Crippen LogP contribution in [0.1, 0.15) is 49.3 Å². The van der Waals surface area contributed by atoms with Crippen molar-refractivity contribution >= 4 is 30.5 Å². The van der Waals surface area contributed by atoms with E-state index in [1.54, 1.807) is 0 Å². The van der Waals surface area contributed by atoms with Crippen LogP contribution in [-0.2, 0) is 0 Å². The Morgan fingerprint density at radius 2 is 1.75 bits per heavy atom. The summed E-state index contributed by atoms with van der Waals surface area (Å²) in [5.74, 6) is 0.951. The van der Waals surface area contributed by atoms with Gasteiger partial charge in [0.25, 0.3) is 0 Å². The molecule has 0 aromatic heterocycles. The van der Waals surface area contributed by atoms with E-state index in [9.17, 15) is 5.11 Å². The Bertz CT molecular complexity index is 497.